The molecule has 0 aromatic rings. The average Bonchev–Trinajstić information content (AvgIpc) is 2.32. The average molecular weight is 417 g/mol. The van der Waals surface area contributed by atoms with E-state index in [1.165, 1.54) is 0 Å². The molecule has 0 spiro atoms. The zero-order valence-corrected chi connectivity index (χ0v) is 13.0. The molecule has 0 aromatic heterocycles. The third-order valence-electron chi connectivity index (χ3n) is 1.68. The molecule has 0 saturated heterocycles. The van der Waals surface area contributed by atoms with Gasteiger partial charge in [0, 0.05) is 15.5 Å². The summed E-state index contributed by atoms with van der Waals surface area (Å²) in [5, 5.41) is 36.0. The highest BCUT2D eigenvalue weighted by Gasteiger charge is 2.26. The van der Waals surface area contributed by atoms with Gasteiger partial charge in [0.25, 0.3) is 0 Å². The highest BCUT2D eigenvalue weighted by molar-refractivity contribution is 9.13. The van der Waals surface area contributed by atoms with Gasteiger partial charge in [-0.15, -0.1) is 0 Å². The van der Waals surface area contributed by atoms with Crippen LogP contribution in [0.5, 0.6) is 0 Å². The van der Waals surface area contributed by atoms with Crippen molar-refractivity contribution >= 4 is 47.8 Å². The van der Waals surface area contributed by atoms with Crippen LogP contribution in [0.3, 0.4) is 0 Å². The van der Waals surface area contributed by atoms with E-state index in [0.29, 0.717) is 4.83 Å². The maximum atomic E-state index is 8.50. The van der Waals surface area contributed by atoms with Crippen LogP contribution < -0.4 is 0 Å². The smallest absolute Gasteiger partial charge is 0.0627 e. The molecule has 4 nitrogen and oxygen atoms in total. The molecule has 0 aliphatic rings. The molecule has 0 heterocycles. The first-order valence-corrected chi connectivity index (χ1v) is 7.41. The van der Waals surface area contributed by atoms with Crippen LogP contribution in [0.4, 0.5) is 0 Å². The molecule has 0 bridgehead atoms. The first-order chi connectivity index (χ1) is 7.05. The predicted molar refractivity (Wildman–Crippen MR) is 71.1 cm³/mol. The maximum Gasteiger partial charge on any atom is 0.0627 e. The minimum Gasteiger partial charge on any atom is -0.396 e. The number of alkyl halides is 3. The van der Waals surface area contributed by atoms with Crippen LogP contribution in [0.25, 0.3) is 0 Å². The molecular weight excluding hydrogens is 400 g/mol. The van der Waals surface area contributed by atoms with Crippen LogP contribution in [0.15, 0.2) is 0 Å². The first kappa shape index (κ1) is 18.6. The van der Waals surface area contributed by atoms with Crippen molar-refractivity contribution in [1.29, 1.82) is 0 Å². The molecule has 0 atom stereocenters. The predicted octanol–water partition coefficient (Wildman–Crippen LogP) is 0.482. The standard InChI is InChI=1S/C5H12O4.C3H5Br3/c6-1-5(2-7,3-8)4-9;4-1-3(6)2-5/h6-9H,1-4H2;3H,1-2H2. The van der Waals surface area contributed by atoms with E-state index in [2.05, 4.69) is 47.8 Å². The normalized spacial score (nSPS) is 11.2. The van der Waals surface area contributed by atoms with E-state index in [-0.39, 0.29) is 0 Å². The van der Waals surface area contributed by atoms with Crippen LogP contribution in [-0.4, -0.2) is 62.3 Å². The number of aliphatic hydroxyl groups excluding tert-OH is 4. The van der Waals surface area contributed by atoms with Gasteiger partial charge >= 0.3 is 0 Å². The van der Waals surface area contributed by atoms with Crippen molar-refractivity contribution in [2.24, 2.45) is 5.41 Å². The van der Waals surface area contributed by atoms with Crippen molar-refractivity contribution in [2.45, 2.75) is 4.83 Å². The first-order valence-electron chi connectivity index (χ1n) is 4.25. The lowest BCUT2D eigenvalue weighted by molar-refractivity contribution is -0.0328. The Labute approximate surface area is 115 Å². The van der Waals surface area contributed by atoms with Gasteiger partial charge in [-0.2, -0.15) is 0 Å². The van der Waals surface area contributed by atoms with Crippen LogP contribution in [0.2, 0.25) is 0 Å². The summed E-state index contributed by atoms with van der Waals surface area (Å²) in [5.41, 5.74) is -1.11. The van der Waals surface area contributed by atoms with Crippen molar-refractivity contribution in [3.8, 4) is 0 Å². The second-order valence-electron chi connectivity index (χ2n) is 3.04. The molecule has 0 aliphatic carbocycles. The Kier molecular flexibility index (Phi) is 14.6. The van der Waals surface area contributed by atoms with E-state index in [0.717, 1.165) is 10.7 Å². The molecule has 94 valence electrons. The molecule has 4 N–H and O–H groups in total. The molecule has 0 amide bonds. The fourth-order valence-electron chi connectivity index (χ4n) is 0.341. The summed E-state index contributed by atoms with van der Waals surface area (Å²) < 4.78 is 0. The summed E-state index contributed by atoms with van der Waals surface area (Å²) in [7, 11) is 0. The summed E-state index contributed by atoms with van der Waals surface area (Å²) in [5.74, 6) is 0. The van der Waals surface area contributed by atoms with Crippen LogP contribution in [0, 0.1) is 5.41 Å². The molecule has 0 unspecified atom stereocenters. The van der Waals surface area contributed by atoms with E-state index in [4.69, 9.17) is 20.4 Å². The number of halogens is 3. The van der Waals surface area contributed by atoms with E-state index in [1.807, 2.05) is 0 Å². The number of rotatable bonds is 6. The van der Waals surface area contributed by atoms with E-state index in [1.54, 1.807) is 0 Å². The van der Waals surface area contributed by atoms with E-state index < -0.39 is 31.8 Å². The van der Waals surface area contributed by atoms with Crippen molar-refractivity contribution in [1.82, 2.24) is 0 Å². The molecule has 0 saturated carbocycles. The Morgan fingerprint density at radius 2 is 1.07 bits per heavy atom. The maximum absolute atomic E-state index is 8.50. The van der Waals surface area contributed by atoms with Gasteiger partial charge in [-0.1, -0.05) is 47.8 Å². The van der Waals surface area contributed by atoms with Crippen molar-refractivity contribution in [2.75, 3.05) is 37.1 Å². The van der Waals surface area contributed by atoms with Crippen molar-refractivity contribution in [3.05, 3.63) is 0 Å². The Morgan fingerprint density at radius 1 is 0.800 bits per heavy atom. The molecule has 0 aromatic carbocycles. The van der Waals surface area contributed by atoms with Crippen LogP contribution in [-0.2, 0) is 0 Å². The van der Waals surface area contributed by atoms with Gasteiger partial charge in [0.1, 0.15) is 0 Å². The topological polar surface area (TPSA) is 80.9 Å². The zero-order chi connectivity index (χ0) is 12.3. The van der Waals surface area contributed by atoms with E-state index in [9.17, 15) is 0 Å². The lowest BCUT2D eigenvalue weighted by atomic mass is 9.93. The summed E-state index contributed by atoms with van der Waals surface area (Å²) in [6.45, 7) is -1.62. The van der Waals surface area contributed by atoms with Crippen LogP contribution in [0.1, 0.15) is 0 Å². The van der Waals surface area contributed by atoms with Crippen LogP contribution >= 0.6 is 47.8 Å². The summed E-state index contributed by atoms with van der Waals surface area (Å²) >= 11 is 9.98. The Bertz CT molecular complexity index is 112. The monoisotopic (exact) mass is 414 g/mol. The minimum absolute atomic E-state index is 0.406. The molecule has 0 rings (SSSR count). The second-order valence-corrected chi connectivity index (χ2v) is 5.63. The van der Waals surface area contributed by atoms with Gasteiger partial charge in [0.2, 0.25) is 0 Å². The number of hydrogen-bond acceptors (Lipinski definition) is 4. The van der Waals surface area contributed by atoms with Gasteiger partial charge in [0.05, 0.1) is 31.8 Å². The fourth-order valence-corrected chi connectivity index (χ4v) is 1.41. The van der Waals surface area contributed by atoms with Gasteiger partial charge in [-0.3, -0.25) is 0 Å². The highest BCUT2D eigenvalue weighted by atomic mass is 79.9. The van der Waals surface area contributed by atoms with Gasteiger partial charge in [-0.05, 0) is 0 Å². The Hall–Kier alpha value is 1.28. The van der Waals surface area contributed by atoms with Crippen molar-refractivity contribution in [3.63, 3.8) is 0 Å². The second kappa shape index (κ2) is 11.8. The summed E-state index contributed by atoms with van der Waals surface area (Å²) in [4.78, 5) is 0.581. The van der Waals surface area contributed by atoms with Gasteiger partial charge < -0.3 is 20.4 Å². The molecule has 7 heteroatoms. The lowest BCUT2D eigenvalue weighted by Crippen LogP contribution is -2.37. The molecule has 0 fully saturated rings. The molecule has 15 heavy (non-hydrogen) atoms. The third kappa shape index (κ3) is 9.02. The number of aliphatic hydroxyl groups is 4. The minimum atomic E-state index is -1.11. The summed E-state index contributed by atoms with van der Waals surface area (Å²) in [6, 6.07) is 0. The fraction of sp³-hybridized carbons (Fsp3) is 1.00. The largest absolute Gasteiger partial charge is 0.396 e. The number of hydrogen-bond donors (Lipinski definition) is 4. The quantitative estimate of drug-likeness (QED) is 0.475. The van der Waals surface area contributed by atoms with Gasteiger partial charge in [-0.25, -0.2) is 0 Å². The molecule has 0 aliphatic heterocycles. The van der Waals surface area contributed by atoms with Gasteiger partial charge in [0.15, 0.2) is 0 Å². The summed E-state index contributed by atoms with van der Waals surface area (Å²) in [6.07, 6.45) is 0. The SMILES string of the molecule is BrCC(Br)CBr.OCC(CO)(CO)CO. The molecule has 0 radical (unpaired) electrons. The van der Waals surface area contributed by atoms with E-state index >= 15 is 0 Å². The zero-order valence-electron chi connectivity index (χ0n) is 8.24. The van der Waals surface area contributed by atoms with Crippen molar-refractivity contribution < 1.29 is 20.4 Å². The lowest BCUT2D eigenvalue weighted by Gasteiger charge is -2.23. The highest BCUT2D eigenvalue weighted by Crippen LogP contribution is 2.11. The third-order valence-corrected chi connectivity index (χ3v) is 5.62. The molecular formula is C8H17Br3O4. The Balaban J connectivity index is 0. The Morgan fingerprint density at radius 3 is 1.07 bits per heavy atom.